The van der Waals surface area contributed by atoms with E-state index in [9.17, 15) is 13.2 Å². The van der Waals surface area contributed by atoms with Crippen LogP contribution < -0.4 is 4.74 Å². The summed E-state index contributed by atoms with van der Waals surface area (Å²) < 4.78 is 41.5. The molecule has 2 aromatic rings. The van der Waals surface area contributed by atoms with Crippen LogP contribution in [0.1, 0.15) is 0 Å². The summed E-state index contributed by atoms with van der Waals surface area (Å²) in [5, 5.41) is 0. The lowest BCUT2D eigenvalue weighted by atomic mass is 10.6. The first kappa shape index (κ1) is 10.5. The molecule has 80 valence electrons. The van der Waals surface area contributed by atoms with E-state index in [1.807, 2.05) is 22.6 Å². The predicted octanol–water partition coefficient (Wildman–Crippen LogP) is 2.23. The van der Waals surface area contributed by atoms with Crippen molar-refractivity contribution in [3.63, 3.8) is 0 Å². The molecule has 0 spiro atoms. The molecule has 0 radical (unpaired) electrons. The Labute approximate surface area is 95.2 Å². The maximum atomic E-state index is 12.0. The largest absolute Gasteiger partial charge is 0.574 e. The van der Waals surface area contributed by atoms with Crippen molar-refractivity contribution < 1.29 is 17.9 Å². The molecule has 0 aromatic carbocycles. The van der Waals surface area contributed by atoms with E-state index in [1.165, 1.54) is 16.8 Å². The van der Waals surface area contributed by atoms with Crippen LogP contribution in [-0.2, 0) is 0 Å². The number of aromatic nitrogens is 3. The van der Waals surface area contributed by atoms with Gasteiger partial charge in [-0.3, -0.25) is 9.38 Å². The summed E-state index contributed by atoms with van der Waals surface area (Å²) in [6.45, 7) is 0. The molecule has 0 saturated heterocycles. The van der Waals surface area contributed by atoms with Gasteiger partial charge in [-0.2, -0.15) is 0 Å². The molecule has 2 heterocycles. The van der Waals surface area contributed by atoms with Crippen LogP contribution in [0, 0.1) is 3.70 Å². The average molecular weight is 329 g/mol. The van der Waals surface area contributed by atoms with E-state index in [1.54, 1.807) is 0 Å². The van der Waals surface area contributed by atoms with Gasteiger partial charge in [-0.05, 0) is 22.6 Å². The van der Waals surface area contributed by atoms with Crippen LogP contribution in [0.15, 0.2) is 18.6 Å². The lowest BCUT2D eigenvalue weighted by Crippen LogP contribution is -2.18. The van der Waals surface area contributed by atoms with Crippen LogP contribution in [0.4, 0.5) is 13.2 Å². The van der Waals surface area contributed by atoms with Gasteiger partial charge in [0.15, 0.2) is 5.65 Å². The van der Waals surface area contributed by atoms with E-state index in [4.69, 9.17) is 0 Å². The minimum absolute atomic E-state index is 0.307. The number of alkyl halides is 3. The zero-order valence-electron chi connectivity index (χ0n) is 6.99. The number of hydrogen-bond donors (Lipinski definition) is 0. The molecule has 2 rings (SSSR count). The Bertz CT molecular complexity index is 496. The average Bonchev–Trinajstić information content (AvgIpc) is 2.43. The Balaban J connectivity index is 2.51. The lowest BCUT2D eigenvalue weighted by molar-refractivity contribution is -0.276. The fourth-order valence-electron chi connectivity index (χ4n) is 1.06. The molecule has 0 N–H and O–H groups in total. The normalized spacial score (nSPS) is 12.0. The van der Waals surface area contributed by atoms with Crippen molar-refractivity contribution in [1.82, 2.24) is 14.4 Å². The molecule has 0 aliphatic rings. The number of fused-ring (bicyclic) bond motifs is 1. The monoisotopic (exact) mass is 329 g/mol. The smallest absolute Gasteiger partial charge is 0.388 e. The second kappa shape index (κ2) is 3.51. The van der Waals surface area contributed by atoms with E-state index >= 15 is 0 Å². The quantitative estimate of drug-likeness (QED) is 0.754. The summed E-state index contributed by atoms with van der Waals surface area (Å²) in [5.74, 6) is -0.407. The molecule has 0 aliphatic carbocycles. The minimum atomic E-state index is -4.73. The number of rotatable bonds is 1. The fraction of sp³-hybridized carbons (Fsp3) is 0.143. The number of imidazole rings is 1. The first-order valence-corrected chi connectivity index (χ1v) is 4.78. The highest BCUT2D eigenvalue weighted by molar-refractivity contribution is 14.1. The lowest BCUT2D eigenvalue weighted by Gasteiger charge is -2.09. The van der Waals surface area contributed by atoms with E-state index in [-0.39, 0.29) is 0 Å². The molecule has 0 unspecified atom stereocenters. The zero-order valence-corrected chi connectivity index (χ0v) is 9.15. The molecule has 0 amide bonds. The summed E-state index contributed by atoms with van der Waals surface area (Å²) in [6.07, 6.45) is -0.964. The predicted molar refractivity (Wildman–Crippen MR) is 52.4 cm³/mol. The van der Waals surface area contributed by atoms with Gasteiger partial charge in [-0.1, -0.05) is 0 Å². The molecular weight excluding hydrogens is 326 g/mol. The Morgan fingerprint density at radius 2 is 2.07 bits per heavy atom. The van der Waals surface area contributed by atoms with Crippen LogP contribution >= 0.6 is 22.6 Å². The molecule has 0 saturated carbocycles. The summed E-state index contributed by atoms with van der Waals surface area (Å²) in [7, 11) is 0. The van der Waals surface area contributed by atoms with Gasteiger partial charge in [0.1, 0.15) is 3.70 Å². The standard InChI is InChI=1S/C7H3F3IN3O/c8-7(9,10)15-6-2-12-1-5-13-4(11)3-14(5)6/h1-3H. The van der Waals surface area contributed by atoms with E-state index in [2.05, 4.69) is 14.7 Å². The Morgan fingerprint density at radius 1 is 1.33 bits per heavy atom. The Kier molecular flexibility index (Phi) is 2.44. The van der Waals surface area contributed by atoms with Gasteiger partial charge in [0, 0.05) is 6.20 Å². The highest BCUT2D eigenvalue weighted by Crippen LogP contribution is 2.23. The van der Waals surface area contributed by atoms with Gasteiger partial charge < -0.3 is 4.74 Å². The SMILES string of the molecule is FC(F)(F)Oc1cncc2nc(I)cn12. The summed E-state index contributed by atoms with van der Waals surface area (Å²) in [5.41, 5.74) is 0.307. The summed E-state index contributed by atoms with van der Waals surface area (Å²) >= 11 is 1.89. The first-order valence-electron chi connectivity index (χ1n) is 3.70. The van der Waals surface area contributed by atoms with Crippen molar-refractivity contribution in [2.75, 3.05) is 0 Å². The van der Waals surface area contributed by atoms with Crippen molar-refractivity contribution in [1.29, 1.82) is 0 Å². The molecule has 0 bridgehead atoms. The topological polar surface area (TPSA) is 39.4 Å². The van der Waals surface area contributed by atoms with Crippen molar-refractivity contribution >= 4 is 28.2 Å². The minimum Gasteiger partial charge on any atom is -0.388 e. The number of ether oxygens (including phenoxy) is 1. The fourth-order valence-corrected chi connectivity index (χ4v) is 1.58. The van der Waals surface area contributed by atoms with Gasteiger partial charge in [-0.15, -0.1) is 13.2 Å². The van der Waals surface area contributed by atoms with E-state index in [0.29, 0.717) is 9.35 Å². The van der Waals surface area contributed by atoms with Gasteiger partial charge in [0.05, 0.1) is 12.4 Å². The molecule has 4 nitrogen and oxygen atoms in total. The number of halogens is 4. The molecule has 8 heteroatoms. The van der Waals surface area contributed by atoms with Crippen molar-refractivity contribution in [2.24, 2.45) is 0 Å². The Morgan fingerprint density at radius 3 is 2.73 bits per heavy atom. The van der Waals surface area contributed by atoms with Crippen molar-refractivity contribution in [2.45, 2.75) is 6.36 Å². The molecule has 2 aromatic heterocycles. The van der Waals surface area contributed by atoms with Crippen LogP contribution in [0.25, 0.3) is 5.65 Å². The molecule has 0 aliphatic heterocycles. The van der Waals surface area contributed by atoms with Crippen LogP contribution in [-0.4, -0.2) is 20.7 Å². The summed E-state index contributed by atoms with van der Waals surface area (Å²) in [4.78, 5) is 7.54. The molecule has 0 atom stereocenters. The van der Waals surface area contributed by atoms with Crippen LogP contribution in [0.2, 0.25) is 0 Å². The third-order valence-corrected chi connectivity index (χ3v) is 2.06. The second-order valence-corrected chi connectivity index (χ2v) is 3.69. The first-order chi connectivity index (χ1) is 6.96. The van der Waals surface area contributed by atoms with Gasteiger partial charge in [0.25, 0.3) is 0 Å². The van der Waals surface area contributed by atoms with Gasteiger partial charge in [0.2, 0.25) is 5.88 Å². The Hall–Kier alpha value is -1.06. The van der Waals surface area contributed by atoms with Crippen LogP contribution in [0.5, 0.6) is 5.88 Å². The highest BCUT2D eigenvalue weighted by atomic mass is 127. The van der Waals surface area contributed by atoms with E-state index in [0.717, 1.165) is 6.20 Å². The molecular formula is C7H3F3IN3O. The maximum Gasteiger partial charge on any atom is 0.574 e. The maximum absolute atomic E-state index is 12.0. The van der Waals surface area contributed by atoms with Crippen molar-refractivity contribution in [3.05, 3.63) is 22.3 Å². The second-order valence-electron chi connectivity index (χ2n) is 2.59. The number of hydrogen-bond acceptors (Lipinski definition) is 3. The molecule has 15 heavy (non-hydrogen) atoms. The van der Waals surface area contributed by atoms with Crippen LogP contribution in [0.3, 0.4) is 0 Å². The third kappa shape index (κ3) is 2.30. The van der Waals surface area contributed by atoms with E-state index < -0.39 is 12.2 Å². The van der Waals surface area contributed by atoms with Gasteiger partial charge in [-0.25, -0.2) is 4.98 Å². The highest BCUT2D eigenvalue weighted by Gasteiger charge is 2.32. The number of nitrogens with zero attached hydrogens (tertiary/aromatic N) is 3. The third-order valence-electron chi connectivity index (χ3n) is 1.54. The van der Waals surface area contributed by atoms with Crippen molar-refractivity contribution in [3.8, 4) is 5.88 Å². The van der Waals surface area contributed by atoms with Gasteiger partial charge >= 0.3 is 6.36 Å². The molecule has 0 fully saturated rings. The summed E-state index contributed by atoms with van der Waals surface area (Å²) in [6, 6.07) is 0. The zero-order chi connectivity index (χ0) is 11.1.